The highest BCUT2D eigenvalue weighted by Gasteiger charge is 2.19. The third kappa shape index (κ3) is 3.85. The van der Waals surface area contributed by atoms with Crippen LogP contribution in [0.25, 0.3) is 0 Å². The zero-order valence-electron chi connectivity index (χ0n) is 12.7. The van der Waals surface area contributed by atoms with Crippen LogP contribution < -0.4 is 10.1 Å². The van der Waals surface area contributed by atoms with E-state index in [1.54, 1.807) is 0 Å². The van der Waals surface area contributed by atoms with Crippen molar-refractivity contribution in [2.24, 2.45) is 0 Å². The molecule has 3 heteroatoms. The molecule has 0 aliphatic rings. The molecular weight excluding hydrogens is 262 g/mol. The average molecular weight is 283 g/mol. The molecule has 3 nitrogen and oxygen atoms in total. The van der Waals surface area contributed by atoms with Gasteiger partial charge in [0.05, 0.1) is 0 Å². The van der Waals surface area contributed by atoms with Gasteiger partial charge < -0.3 is 10.1 Å². The summed E-state index contributed by atoms with van der Waals surface area (Å²) in [5.41, 5.74) is 3.01. The Hall–Kier alpha value is -2.29. The van der Waals surface area contributed by atoms with Crippen molar-refractivity contribution >= 4 is 11.6 Å². The van der Waals surface area contributed by atoms with Gasteiger partial charge in [0.1, 0.15) is 5.75 Å². The molecule has 110 valence electrons. The van der Waals surface area contributed by atoms with Crippen LogP contribution in [-0.4, -0.2) is 12.0 Å². The topological polar surface area (TPSA) is 38.3 Å². The van der Waals surface area contributed by atoms with Gasteiger partial charge >= 0.3 is 0 Å². The molecule has 0 aliphatic heterocycles. The highest BCUT2D eigenvalue weighted by Crippen LogP contribution is 2.22. The van der Waals surface area contributed by atoms with Gasteiger partial charge in [-0.05, 0) is 49.6 Å². The highest BCUT2D eigenvalue weighted by atomic mass is 16.5. The summed E-state index contributed by atoms with van der Waals surface area (Å²) in [5, 5.41) is 2.88. The zero-order valence-corrected chi connectivity index (χ0v) is 12.7. The van der Waals surface area contributed by atoms with Crippen LogP contribution in [0.3, 0.4) is 0 Å². The number of nitrogens with one attached hydrogen (secondary N) is 1. The largest absolute Gasteiger partial charge is 0.480 e. The number of carbonyl (C=O) groups is 1. The van der Waals surface area contributed by atoms with Crippen LogP contribution in [0.4, 0.5) is 5.69 Å². The first-order chi connectivity index (χ1) is 10.1. The lowest BCUT2D eigenvalue weighted by Gasteiger charge is -2.19. The van der Waals surface area contributed by atoms with Gasteiger partial charge in [0, 0.05) is 5.69 Å². The number of anilines is 1. The fourth-order valence-corrected chi connectivity index (χ4v) is 2.07. The number of aryl methyl sites for hydroxylation is 1. The van der Waals surface area contributed by atoms with Crippen LogP contribution in [0.15, 0.2) is 48.5 Å². The van der Waals surface area contributed by atoms with Gasteiger partial charge in [0.15, 0.2) is 6.10 Å². The number of para-hydroxylation sites is 1. The Balaban J connectivity index is 2.09. The second kappa shape index (κ2) is 6.93. The monoisotopic (exact) mass is 283 g/mol. The number of rotatable bonds is 5. The number of hydrogen-bond acceptors (Lipinski definition) is 2. The fourth-order valence-electron chi connectivity index (χ4n) is 2.07. The summed E-state index contributed by atoms with van der Waals surface area (Å²) in [7, 11) is 0. The minimum Gasteiger partial charge on any atom is -0.480 e. The normalized spacial score (nSPS) is 11.8. The number of ether oxygens (including phenoxy) is 1. The van der Waals surface area contributed by atoms with E-state index in [-0.39, 0.29) is 5.91 Å². The van der Waals surface area contributed by atoms with Crippen molar-refractivity contribution in [2.75, 3.05) is 5.32 Å². The summed E-state index contributed by atoms with van der Waals surface area (Å²) in [4.78, 5) is 12.3. The van der Waals surface area contributed by atoms with E-state index < -0.39 is 6.10 Å². The minimum atomic E-state index is -0.495. The first kappa shape index (κ1) is 15.1. The summed E-state index contributed by atoms with van der Waals surface area (Å²) in [6, 6.07) is 15.3. The third-order valence-electron chi connectivity index (χ3n) is 3.53. The Bertz CT molecular complexity index is 608. The van der Waals surface area contributed by atoms with Crippen LogP contribution >= 0.6 is 0 Å². The quantitative estimate of drug-likeness (QED) is 0.897. The van der Waals surface area contributed by atoms with E-state index in [1.165, 1.54) is 0 Å². The zero-order chi connectivity index (χ0) is 15.2. The van der Waals surface area contributed by atoms with Crippen LogP contribution in [0.5, 0.6) is 5.75 Å². The summed E-state index contributed by atoms with van der Waals surface area (Å²) in [6.45, 7) is 5.99. The number of carbonyl (C=O) groups excluding carboxylic acids is 1. The Labute approximate surface area is 126 Å². The molecule has 1 unspecified atom stereocenters. The smallest absolute Gasteiger partial charge is 0.265 e. The van der Waals surface area contributed by atoms with Crippen molar-refractivity contribution < 1.29 is 9.53 Å². The molecule has 0 spiro atoms. The van der Waals surface area contributed by atoms with Crippen molar-refractivity contribution in [1.82, 2.24) is 0 Å². The first-order valence-electron chi connectivity index (χ1n) is 7.20. The highest BCUT2D eigenvalue weighted by molar-refractivity contribution is 5.94. The Kier molecular flexibility index (Phi) is 4.99. The Morgan fingerprint density at radius 2 is 1.81 bits per heavy atom. The van der Waals surface area contributed by atoms with Crippen molar-refractivity contribution in [1.29, 1.82) is 0 Å². The summed E-state index contributed by atoms with van der Waals surface area (Å²) < 4.78 is 5.90. The SMILES string of the molecule is CCC(Oc1cccc(C)c1C)C(=O)Nc1ccccc1. The molecule has 0 radical (unpaired) electrons. The molecule has 2 rings (SSSR count). The second-order valence-corrected chi connectivity index (χ2v) is 5.07. The predicted molar refractivity (Wildman–Crippen MR) is 85.7 cm³/mol. The summed E-state index contributed by atoms with van der Waals surface area (Å²) in [6.07, 6.45) is 0.122. The third-order valence-corrected chi connectivity index (χ3v) is 3.53. The van der Waals surface area contributed by atoms with Gasteiger partial charge in [0.25, 0.3) is 5.91 Å². The van der Waals surface area contributed by atoms with Crippen molar-refractivity contribution in [3.8, 4) is 5.75 Å². The van der Waals surface area contributed by atoms with Crippen LogP contribution in [0.1, 0.15) is 24.5 Å². The lowest BCUT2D eigenvalue weighted by atomic mass is 10.1. The molecule has 1 atom stereocenters. The molecule has 0 heterocycles. The van der Waals surface area contributed by atoms with Gasteiger partial charge in [-0.3, -0.25) is 4.79 Å². The summed E-state index contributed by atoms with van der Waals surface area (Å²) in [5.74, 6) is 0.648. The fraction of sp³-hybridized carbons (Fsp3) is 0.278. The van der Waals surface area contributed by atoms with Gasteiger partial charge in [-0.2, -0.15) is 0 Å². The first-order valence-corrected chi connectivity index (χ1v) is 7.20. The Morgan fingerprint density at radius 1 is 1.10 bits per heavy atom. The van der Waals surface area contributed by atoms with Crippen LogP contribution in [0, 0.1) is 13.8 Å². The molecule has 0 saturated carbocycles. The Morgan fingerprint density at radius 3 is 2.48 bits per heavy atom. The lowest BCUT2D eigenvalue weighted by molar-refractivity contribution is -0.122. The van der Waals surface area contributed by atoms with E-state index in [4.69, 9.17) is 4.74 Å². The molecule has 2 aromatic rings. The maximum Gasteiger partial charge on any atom is 0.265 e. The molecule has 0 fully saturated rings. The molecular formula is C18H21NO2. The van der Waals surface area contributed by atoms with Crippen molar-refractivity contribution in [3.05, 3.63) is 59.7 Å². The molecule has 1 amide bonds. The van der Waals surface area contributed by atoms with E-state index in [9.17, 15) is 4.79 Å². The number of benzene rings is 2. The number of hydrogen-bond donors (Lipinski definition) is 1. The van der Waals surface area contributed by atoms with Crippen molar-refractivity contribution in [3.63, 3.8) is 0 Å². The molecule has 0 bridgehead atoms. The van der Waals surface area contributed by atoms with Crippen molar-refractivity contribution in [2.45, 2.75) is 33.3 Å². The predicted octanol–water partition coefficient (Wildman–Crippen LogP) is 4.10. The molecule has 2 aromatic carbocycles. The molecule has 0 aliphatic carbocycles. The van der Waals surface area contributed by atoms with Crippen LogP contribution in [-0.2, 0) is 4.79 Å². The second-order valence-electron chi connectivity index (χ2n) is 5.07. The molecule has 0 aromatic heterocycles. The standard InChI is InChI=1S/C18H21NO2/c1-4-16(18(20)19-15-10-6-5-7-11-15)21-17-12-8-9-13(2)14(17)3/h5-12,16H,4H2,1-3H3,(H,19,20). The van der Waals surface area contributed by atoms with E-state index in [1.807, 2.05) is 69.3 Å². The van der Waals surface area contributed by atoms with E-state index in [0.717, 1.165) is 22.6 Å². The van der Waals surface area contributed by atoms with Crippen LogP contribution in [0.2, 0.25) is 0 Å². The molecule has 0 saturated heterocycles. The minimum absolute atomic E-state index is 0.121. The maximum absolute atomic E-state index is 12.3. The van der Waals surface area contributed by atoms with E-state index in [0.29, 0.717) is 6.42 Å². The molecule has 1 N–H and O–H groups in total. The lowest BCUT2D eigenvalue weighted by Crippen LogP contribution is -2.32. The van der Waals surface area contributed by atoms with Gasteiger partial charge in [-0.1, -0.05) is 37.3 Å². The maximum atomic E-state index is 12.3. The van der Waals surface area contributed by atoms with Gasteiger partial charge in [0.2, 0.25) is 0 Å². The molecule has 21 heavy (non-hydrogen) atoms. The van der Waals surface area contributed by atoms with Gasteiger partial charge in [-0.15, -0.1) is 0 Å². The number of amides is 1. The van der Waals surface area contributed by atoms with E-state index in [2.05, 4.69) is 5.32 Å². The summed E-state index contributed by atoms with van der Waals surface area (Å²) >= 11 is 0. The van der Waals surface area contributed by atoms with E-state index >= 15 is 0 Å². The van der Waals surface area contributed by atoms with Gasteiger partial charge in [-0.25, -0.2) is 0 Å². The average Bonchev–Trinajstić information content (AvgIpc) is 2.49.